The molecule has 3 amide bonds. The molecule has 132 valence electrons. The van der Waals surface area contributed by atoms with E-state index in [0.29, 0.717) is 17.3 Å². The van der Waals surface area contributed by atoms with Crippen LogP contribution in [0.15, 0.2) is 18.2 Å². The molecule has 1 aromatic rings. The topological polar surface area (TPSA) is 73.5 Å². The molecule has 3 N–H and O–H groups in total. The van der Waals surface area contributed by atoms with Crippen LogP contribution in [0.4, 0.5) is 16.2 Å². The Bertz CT molecular complexity index is 574. The number of benzene rings is 1. The standard InChI is InChI=1S/C17H25ClN4O2/c1-2-8-19-16(23)12-20-17(24)21-14-11-13(18)6-7-15(14)22-9-4-3-5-10-22/h6-7,11H,2-5,8-10,12H2,1H3,(H,19,23)(H2,20,21,24). The Morgan fingerprint density at radius 2 is 1.92 bits per heavy atom. The van der Waals surface area contributed by atoms with E-state index in [2.05, 4.69) is 20.9 Å². The van der Waals surface area contributed by atoms with Crippen molar-refractivity contribution in [3.63, 3.8) is 0 Å². The summed E-state index contributed by atoms with van der Waals surface area (Å²) in [7, 11) is 0. The number of piperidine rings is 1. The summed E-state index contributed by atoms with van der Waals surface area (Å²) >= 11 is 6.07. The van der Waals surface area contributed by atoms with Crippen molar-refractivity contribution in [2.75, 3.05) is 36.4 Å². The van der Waals surface area contributed by atoms with Crippen LogP contribution in [-0.4, -0.2) is 38.1 Å². The lowest BCUT2D eigenvalue weighted by Gasteiger charge is -2.30. The van der Waals surface area contributed by atoms with Gasteiger partial charge in [0.2, 0.25) is 5.91 Å². The van der Waals surface area contributed by atoms with Crippen molar-refractivity contribution in [3.05, 3.63) is 23.2 Å². The molecule has 0 unspecified atom stereocenters. The number of amides is 3. The third kappa shape index (κ3) is 5.60. The molecule has 6 nitrogen and oxygen atoms in total. The summed E-state index contributed by atoms with van der Waals surface area (Å²) < 4.78 is 0. The van der Waals surface area contributed by atoms with Crippen molar-refractivity contribution in [1.82, 2.24) is 10.6 Å². The molecule has 7 heteroatoms. The molecular formula is C17H25ClN4O2. The first-order valence-corrected chi connectivity index (χ1v) is 8.84. The van der Waals surface area contributed by atoms with Crippen molar-refractivity contribution >= 4 is 34.9 Å². The van der Waals surface area contributed by atoms with Crippen molar-refractivity contribution in [3.8, 4) is 0 Å². The van der Waals surface area contributed by atoms with Gasteiger partial charge in [-0.2, -0.15) is 0 Å². The molecular weight excluding hydrogens is 328 g/mol. The van der Waals surface area contributed by atoms with Gasteiger partial charge in [0.15, 0.2) is 0 Å². The van der Waals surface area contributed by atoms with Crippen LogP contribution in [-0.2, 0) is 4.79 Å². The fourth-order valence-electron chi connectivity index (χ4n) is 2.67. The third-order valence-electron chi connectivity index (χ3n) is 3.89. The molecule has 0 spiro atoms. The predicted octanol–water partition coefficient (Wildman–Crippen LogP) is 2.98. The summed E-state index contributed by atoms with van der Waals surface area (Å²) in [6.07, 6.45) is 4.39. The van der Waals surface area contributed by atoms with Gasteiger partial charge in [-0.3, -0.25) is 4.79 Å². The summed E-state index contributed by atoms with van der Waals surface area (Å²) in [5.74, 6) is -0.200. The quantitative estimate of drug-likeness (QED) is 0.737. The van der Waals surface area contributed by atoms with Crippen LogP contribution in [0.1, 0.15) is 32.6 Å². The fraction of sp³-hybridized carbons (Fsp3) is 0.529. The number of rotatable bonds is 6. The number of halogens is 1. The number of carbonyl (C=O) groups excluding carboxylic acids is 2. The summed E-state index contributed by atoms with van der Waals surface area (Å²) in [6.45, 7) is 4.47. The van der Waals surface area contributed by atoms with Crippen molar-refractivity contribution in [2.45, 2.75) is 32.6 Å². The van der Waals surface area contributed by atoms with Gasteiger partial charge in [-0.15, -0.1) is 0 Å². The lowest BCUT2D eigenvalue weighted by Crippen LogP contribution is -2.39. The molecule has 0 bridgehead atoms. The summed E-state index contributed by atoms with van der Waals surface area (Å²) in [5.41, 5.74) is 1.63. The van der Waals surface area contributed by atoms with E-state index < -0.39 is 6.03 Å². The van der Waals surface area contributed by atoms with E-state index >= 15 is 0 Å². The van der Waals surface area contributed by atoms with E-state index in [1.807, 2.05) is 19.1 Å². The number of nitrogens with one attached hydrogen (secondary N) is 3. The smallest absolute Gasteiger partial charge is 0.319 e. The van der Waals surface area contributed by atoms with Gasteiger partial charge in [-0.1, -0.05) is 18.5 Å². The molecule has 24 heavy (non-hydrogen) atoms. The molecule has 1 aliphatic heterocycles. The van der Waals surface area contributed by atoms with Gasteiger partial charge in [-0.25, -0.2) is 4.79 Å². The van der Waals surface area contributed by atoms with Crippen LogP contribution in [0, 0.1) is 0 Å². The highest BCUT2D eigenvalue weighted by atomic mass is 35.5. The van der Waals surface area contributed by atoms with E-state index in [1.54, 1.807) is 6.07 Å². The molecule has 0 aliphatic carbocycles. The molecule has 0 aromatic heterocycles. The van der Waals surface area contributed by atoms with Crippen molar-refractivity contribution in [2.24, 2.45) is 0 Å². The zero-order valence-corrected chi connectivity index (χ0v) is 14.8. The molecule has 1 aliphatic rings. The molecule has 0 radical (unpaired) electrons. The van der Waals surface area contributed by atoms with Crippen LogP contribution >= 0.6 is 11.6 Å². The van der Waals surface area contributed by atoms with E-state index in [4.69, 9.17) is 11.6 Å². The second kappa shape index (κ2) is 9.37. The van der Waals surface area contributed by atoms with Crippen LogP contribution in [0.2, 0.25) is 5.02 Å². The molecule has 0 saturated carbocycles. The molecule has 1 aromatic carbocycles. The van der Waals surface area contributed by atoms with Gasteiger partial charge < -0.3 is 20.9 Å². The minimum Gasteiger partial charge on any atom is -0.370 e. The van der Waals surface area contributed by atoms with Crippen molar-refractivity contribution < 1.29 is 9.59 Å². The Hall–Kier alpha value is -1.95. The summed E-state index contributed by atoms with van der Waals surface area (Å²) in [4.78, 5) is 25.9. The van der Waals surface area contributed by atoms with Crippen LogP contribution < -0.4 is 20.9 Å². The van der Waals surface area contributed by atoms with Gasteiger partial charge in [0.25, 0.3) is 0 Å². The third-order valence-corrected chi connectivity index (χ3v) is 4.12. The Morgan fingerprint density at radius 1 is 1.17 bits per heavy atom. The van der Waals surface area contributed by atoms with Gasteiger partial charge in [0.05, 0.1) is 17.9 Å². The van der Waals surface area contributed by atoms with Gasteiger partial charge in [-0.05, 0) is 43.9 Å². The predicted molar refractivity (Wildman–Crippen MR) is 97.8 cm³/mol. The number of hydrogen-bond acceptors (Lipinski definition) is 3. The monoisotopic (exact) mass is 352 g/mol. The Labute approximate surface area is 147 Å². The number of urea groups is 1. The zero-order chi connectivity index (χ0) is 17.4. The second-order valence-corrected chi connectivity index (χ2v) is 6.30. The SMILES string of the molecule is CCCNC(=O)CNC(=O)Nc1cc(Cl)ccc1N1CCCCC1. The molecule has 2 rings (SSSR count). The number of nitrogens with zero attached hydrogens (tertiary/aromatic N) is 1. The first-order chi connectivity index (χ1) is 11.6. The van der Waals surface area contributed by atoms with Gasteiger partial charge in [0.1, 0.15) is 0 Å². The first-order valence-electron chi connectivity index (χ1n) is 8.46. The van der Waals surface area contributed by atoms with Gasteiger partial charge >= 0.3 is 6.03 Å². The lowest BCUT2D eigenvalue weighted by atomic mass is 10.1. The highest BCUT2D eigenvalue weighted by Gasteiger charge is 2.16. The average Bonchev–Trinajstić information content (AvgIpc) is 2.59. The molecule has 1 saturated heterocycles. The van der Waals surface area contributed by atoms with E-state index in [-0.39, 0.29) is 12.5 Å². The van der Waals surface area contributed by atoms with Crippen LogP contribution in [0.25, 0.3) is 0 Å². The van der Waals surface area contributed by atoms with E-state index in [9.17, 15) is 9.59 Å². The van der Waals surface area contributed by atoms with Crippen molar-refractivity contribution in [1.29, 1.82) is 0 Å². The summed E-state index contributed by atoms with van der Waals surface area (Å²) in [6, 6.07) is 5.08. The highest BCUT2D eigenvalue weighted by molar-refractivity contribution is 6.31. The lowest BCUT2D eigenvalue weighted by molar-refractivity contribution is -0.120. The normalized spacial score (nSPS) is 14.2. The average molecular weight is 353 g/mol. The first kappa shape index (κ1) is 18.4. The molecule has 1 heterocycles. The largest absolute Gasteiger partial charge is 0.370 e. The number of hydrogen-bond donors (Lipinski definition) is 3. The Morgan fingerprint density at radius 3 is 2.62 bits per heavy atom. The number of anilines is 2. The van der Waals surface area contributed by atoms with Gasteiger partial charge in [0, 0.05) is 24.7 Å². The minimum absolute atomic E-state index is 0.0502. The Kier molecular flexibility index (Phi) is 7.18. The van der Waals surface area contributed by atoms with Crippen LogP contribution in [0.5, 0.6) is 0 Å². The Balaban J connectivity index is 1.96. The zero-order valence-electron chi connectivity index (χ0n) is 14.0. The van der Waals surface area contributed by atoms with E-state index in [0.717, 1.165) is 38.0 Å². The maximum atomic E-state index is 12.1. The highest BCUT2D eigenvalue weighted by Crippen LogP contribution is 2.31. The maximum Gasteiger partial charge on any atom is 0.319 e. The minimum atomic E-state index is -0.415. The molecule has 1 fully saturated rings. The fourth-order valence-corrected chi connectivity index (χ4v) is 2.85. The van der Waals surface area contributed by atoms with Crippen LogP contribution in [0.3, 0.4) is 0 Å². The second-order valence-electron chi connectivity index (χ2n) is 5.87. The summed E-state index contributed by atoms with van der Waals surface area (Å²) in [5, 5.41) is 8.64. The molecule has 0 atom stereocenters. The maximum absolute atomic E-state index is 12.1. The number of carbonyl (C=O) groups is 2. The van der Waals surface area contributed by atoms with E-state index in [1.165, 1.54) is 6.42 Å².